The first-order chi connectivity index (χ1) is 32.0. The number of esters is 3. The molecule has 1 atom stereocenters. The van der Waals surface area contributed by atoms with Gasteiger partial charge in [-0.1, -0.05) is 227 Å². The Labute approximate surface area is 400 Å². The SMILES string of the molecule is CC/C=C/C=C/C=C/CCCCCCCCCC(=O)OC(COC(=O)CC/C=C/C/C=C/CCCCCCCC)COC(=O)CCCCCCCCCCC/C=C/C/C=C/C/C=C/CC. The molecule has 0 aliphatic heterocycles. The highest BCUT2D eigenvalue weighted by Gasteiger charge is 2.19. The van der Waals surface area contributed by atoms with Gasteiger partial charge in [0, 0.05) is 19.3 Å². The van der Waals surface area contributed by atoms with E-state index in [0.29, 0.717) is 19.3 Å². The Morgan fingerprint density at radius 2 is 0.708 bits per heavy atom. The Balaban J connectivity index is 4.44. The lowest BCUT2D eigenvalue weighted by molar-refractivity contribution is -0.166. The molecule has 0 N–H and O–H groups in total. The summed E-state index contributed by atoms with van der Waals surface area (Å²) >= 11 is 0. The van der Waals surface area contributed by atoms with Crippen LogP contribution in [0.2, 0.25) is 0 Å². The monoisotopic (exact) mass is 903 g/mol. The number of carbonyl (C=O) groups excluding carboxylic acids is 3. The van der Waals surface area contributed by atoms with Crippen molar-refractivity contribution in [2.24, 2.45) is 0 Å². The molecule has 0 rings (SSSR count). The fraction of sp³-hybridized carbons (Fsp3) is 0.678. The van der Waals surface area contributed by atoms with E-state index in [1.165, 1.54) is 103 Å². The van der Waals surface area contributed by atoms with Crippen LogP contribution in [-0.2, 0) is 28.6 Å². The van der Waals surface area contributed by atoms with Gasteiger partial charge < -0.3 is 14.2 Å². The van der Waals surface area contributed by atoms with Crippen molar-refractivity contribution in [3.05, 3.63) is 97.2 Å². The molecule has 0 bridgehead atoms. The van der Waals surface area contributed by atoms with Gasteiger partial charge >= 0.3 is 17.9 Å². The minimum absolute atomic E-state index is 0.103. The average molecular weight is 903 g/mol. The molecule has 6 heteroatoms. The molecule has 6 nitrogen and oxygen atoms in total. The number of allylic oxidation sites excluding steroid dienone is 16. The number of rotatable bonds is 47. The molecule has 0 fully saturated rings. The van der Waals surface area contributed by atoms with Crippen LogP contribution in [0.15, 0.2) is 97.2 Å². The van der Waals surface area contributed by atoms with Crippen LogP contribution in [0.1, 0.15) is 239 Å². The minimum atomic E-state index is -0.809. The quantitative estimate of drug-likeness (QED) is 0.0199. The summed E-state index contributed by atoms with van der Waals surface area (Å²) in [6, 6.07) is 0. The van der Waals surface area contributed by atoms with Crippen molar-refractivity contribution in [2.75, 3.05) is 13.2 Å². The second kappa shape index (κ2) is 52.9. The summed E-state index contributed by atoms with van der Waals surface area (Å²) in [6.45, 7) is 6.32. The van der Waals surface area contributed by atoms with Crippen molar-refractivity contribution in [3.8, 4) is 0 Å². The molecule has 370 valence electrons. The Kier molecular flexibility index (Phi) is 50.0. The topological polar surface area (TPSA) is 78.9 Å². The van der Waals surface area contributed by atoms with Gasteiger partial charge in [-0.05, 0) is 89.9 Å². The van der Waals surface area contributed by atoms with Crippen LogP contribution in [0, 0.1) is 0 Å². The zero-order valence-corrected chi connectivity index (χ0v) is 42.2. The van der Waals surface area contributed by atoms with E-state index < -0.39 is 6.10 Å². The third-order valence-electron chi connectivity index (χ3n) is 11.1. The standard InChI is InChI=1S/C59H98O6/c1-4-7-10-13-16-19-22-25-27-28-29-30-32-34-37-40-43-46-49-52-58(61)64-55-56(54-63-57(60)51-48-45-42-39-36-33-24-21-18-15-12-9-6-3)65-59(62)53-50-47-44-41-38-35-31-26-23-20-17-14-11-8-5-2/h7-8,10-11,14,16-17,19-20,23,25,27,33,36,42,45,56H,4-6,9,12-13,15,18,21-22,24,26,28-32,34-35,37-41,43-44,46-55H2,1-3H3/b10-7+,11-8+,17-14+,19-16+,23-20+,27-25+,36-33+,45-42+. The molecule has 65 heavy (non-hydrogen) atoms. The van der Waals surface area contributed by atoms with Crippen LogP contribution in [0.5, 0.6) is 0 Å². The number of carbonyl (C=O) groups is 3. The van der Waals surface area contributed by atoms with E-state index in [1.807, 2.05) is 6.08 Å². The third-order valence-corrected chi connectivity index (χ3v) is 11.1. The van der Waals surface area contributed by atoms with E-state index in [9.17, 15) is 14.4 Å². The van der Waals surface area contributed by atoms with E-state index in [2.05, 4.69) is 112 Å². The summed E-state index contributed by atoms with van der Waals surface area (Å²) < 4.78 is 16.7. The highest BCUT2D eigenvalue weighted by atomic mass is 16.6. The maximum absolute atomic E-state index is 12.8. The summed E-state index contributed by atoms with van der Waals surface area (Å²) in [5.74, 6) is -0.992. The zero-order valence-electron chi connectivity index (χ0n) is 42.2. The second-order valence-corrected chi connectivity index (χ2v) is 17.4. The fourth-order valence-corrected chi connectivity index (χ4v) is 7.16. The first-order valence-electron chi connectivity index (χ1n) is 26.8. The van der Waals surface area contributed by atoms with Crippen LogP contribution >= 0.6 is 0 Å². The predicted octanol–water partition coefficient (Wildman–Crippen LogP) is 17.8. The van der Waals surface area contributed by atoms with Gasteiger partial charge in [0.25, 0.3) is 0 Å². The summed E-state index contributed by atoms with van der Waals surface area (Å²) in [5, 5.41) is 0. The van der Waals surface area contributed by atoms with Gasteiger partial charge in [-0.3, -0.25) is 14.4 Å². The summed E-state index contributed by atoms with van der Waals surface area (Å²) in [5.41, 5.74) is 0. The second-order valence-electron chi connectivity index (χ2n) is 17.4. The van der Waals surface area contributed by atoms with Crippen molar-refractivity contribution in [1.82, 2.24) is 0 Å². The van der Waals surface area contributed by atoms with E-state index in [-0.39, 0.29) is 37.5 Å². The van der Waals surface area contributed by atoms with E-state index in [1.54, 1.807) is 0 Å². The van der Waals surface area contributed by atoms with Gasteiger partial charge in [0.15, 0.2) is 6.10 Å². The highest BCUT2D eigenvalue weighted by molar-refractivity contribution is 5.71. The van der Waals surface area contributed by atoms with Gasteiger partial charge in [-0.2, -0.15) is 0 Å². The van der Waals surface area contributed by atoms with Gasteiger partial charge in [-0.25, -0.2) is 0 Å². The molecule has 0 aliphatic carbocycles. The number of hydrogen-bond donors (Lipinski definition) is 0. The molecule has 0 aromatic rings. The lowest BCUT2D eigenvalue weighted by atomic mass is 10.1. The smallest absolute Gasteiger partial charge is 0.306 e. The van der Waals surface area contributed by atoms with Crippen molar-refractivity contribution >= 4 is 17.9 Å². The van der Waals surface area contributed by atoms with Crippen LogP contribution < -0.4 is 0 Å². The number of unbranched alkanes of at least 4 members (excludes halogenated alkanes) is 22. The fourth-order valence-electron chi connectivity index (χ4n) is 7.16. The Morgan fingerprint density at radius 1 is 0.338 bits per heavy atom. The maximum Gasteiger partial charge on any atom is 0.306 e. The number of ether oxygens (including phenoxy) is 3. The number of hydrogen-bond acceptors (Lipinski definition) is 6. The third kappa shape index (κ3) is 51.2. The molecular formula is C59H98O6. The first-order valence-corrected chi connectivity index (χ1v) is 26.8. The lowest BCUT2D eigenvalue weighted by Crippen LogP contribution is -2.30. The molecule has 0 heterocycles. The molecule has 0 aliphatic rings. The minimum Gasteiger partial charge on any atom is -0.462 e. The van der Waals surface area contributed by atoms with Crippen molar-refractivity contribution in [3.63, 3.8) is 0 Å². The van der Waals surface area contributed by atoms with E-state index in [4.69, 9.17) is 14.2 Å². The maximum atomic E-state index is 12.8. The predicted molar refractivity (Wildman–Crippen MR) is 279 cm³/mol. The van der Waals surface area contributed by atoms with Crippen LogP contribution in [0.25, 0.3) is 0 Å². The molecule has 0 radical (unpaired) electrons. The van der Waals surface area contributed by atoms with Gasteiger partial charge in [0.2, 0.25) is 0 Å². The van der Waals surface area contributed by atoms with Crippen molar-refractivity contribution in [2.45, 2.75) is 245 Å². The van der Waals surface area contributed by atoms with Crippen LogP contribution in [-0.4, -0.2) is 37.2 Å². The largest absolute Gasteiger partial charge is 0.462 e. The van der Waals surface area contributed by atoms with Crippen LogP contribution in [0.4, 0.5) is 0 Å². The lowest BCUT2D eigenvalue weighted by Gasteiger charge is -2.18. The Bertz CT molecular complexity index is 1310. The molecule has 0 aromatic heterocycles. The van der Waals surface area contributed by atoms with E-state index in [0.717, 1.165) is 89.9 Å². The molecule has 0 saturated carbocycles. The molecule has 1 unspecified atom stereocenters. The molecule has 0 spiro atoms. The zero-order chi connectivity index (χ0) is 47.2. The summed E-state index contributed by atoms with van der Waals surface area (Å²) in [4.78, 5) is 38.0. The highest BCUT2D eigenvalue weighted by Crippen LogP contribution is 2.14. The molecule has 0 saturated heterocycles. The molecular weight excluding hydrogens is 805 g/mol. The Hall–Kier alpha value is -3.67. The summed E-state index contributed by atoms with van der Waals surface area (Å²) in [6.07, 6.45) is 69.8. The van der Waals surface area contributed by atoms with Crippen molar-refractivity contribution < 1.29 is 28.6 Å². The normalized spacial score (nSPS) is 12.8. The molecule has 0 aromatic carbocycles. The average Bonchev–Trinajstić information content (AvgIpc) is 3.30. The molecule has 0 amide bonds. The van der Waals surface area contributed by atoms with Gasteiger partial charge in [0.1, 0.15) is 13.2 Å². The van der Waals surface area contributed by atoms with Gasteiger partial charge in [-0.15, -0.1) is 0 Å². The van der Waals surface area contributed by atoms with Crippen LogP contribution in [0.3, 0.4) is 0 Å². The van der Waals surface area contributed by atoms with E-state index >= 15 is 0 Å². The summed E-state index contributed by atoms with van der Waals surface area (Å²) in [7, 11) is 0. The first kappa shape index (κ1) is 61.3. The Morgan fingerprint density at radius 3 is 1.20 bits per heavy atom. The van der Waals surface area contributed by atoms with Crippen molar-refractivity contribution in [1.29, 1.82) is 0 Å². The van der Waals surface area contributed by atoms with Gasteiger partial charge in [0.05, 0.1) is 0 Å².